The van der Waals surface area contributed by atoms with Crippen LogP contribution >= 0.6 is 11.6 Å². The number of carbonyl (C=O) groups is 1. The molecular weight excluding hydrogens is 286 g/mol. The summed E-state index contributed by atoms with van der Waals surface area (Å²) >= 11 is 5.66. The van der Waals surface area contributed by atoms with Gasteiger partial charge in [0, 0.05) is 5.54 Å². The number of halogens is 1. The van der Waals surface area contributed by atoms with Crippen molar-refractivity contribution >= 4 is 17.5 Å². The maximum Gasteiger partial charge on any atom is 0.271 e. The van der Waals surface area contributed by atoms with Crippen LogP contribution in [0.3, 0.4) is 0 Å². The molecule has 0 aliphatic rings. The molecule has 2 aromatic rings. The Labute approximate surface area is 129 Å². The van der Waals surface area contributed by atoms with Crippen LogP contribution in [-0.2, 0) is 6.42 Å². The Morgan fingerprint density at radius 2 is 1.90 bits per heavy atom. The SMILES string of the molecule is CC(C)(CCc1ccccc1)NC(=O)c1cnc(Cl)cn1. The summed E-state index contributed by atoms with van der Waals surface area (Å²) in [5, 5.41) is 3.25. The lowest BCUT2D eigenvalue weighted by Gasteiger charge is -2.26. The van der Waals surface area contributed by atoms with E-state index in [2.05, 4.69) is 27.4 Å². The van der Waals surface area contributed by atoms with E-state index in [1.165, 1.54) is 18.0 Å². The lowest BCUT2D eigenvalue weighted by atomic mass is 9.95. The van der Waals surface area contributed by atoms with E-state index in [1.807, 2.05) is 32.0 Å². The molecular formula is C16H18ClN3O. The third-order valence-corrected chi connectivity index (χ3v) is 3.38. The molecule has 21 heavy (non-hydrogen) atoms. The average Bonchev–Trinajstić information content (AvgIpc) is 2.46. The zero-order valence-electron chi connectivity index (χ0n) is 12.1. The predicted octanol–water partition coefficient (Wildman–Crippen LogP) is 3.27. The van der Waals surface area contributed by atoms with Gasteiger partial charge in [0.25, 0.3) is 5.91 Å². The van der Waals surface area contributed by atoms with Gasteiger partial charge in [-0.2, -0.15) is 0 Å². The van der Waals surface area contributed by atoms with Crippen molar-refractivity contribution in [3.05, 3.63) is 59.1 Å². The van der Waals surface area contributed by atoms with E-state index in [9.17, 15) is 4.79 Å². The first-order chi connectivity index (χ1) is 9.96. The molecule has 1 aromatic carbocycles. The second-order valence-electron chi connectivity index (χ2n) is 5.55. The Morgan fingerprint density at radius 3 is 2.52 bits per heavy atom. The van der Waals surface area contributed by atoms with E-state index in [-0.39, 0.29) is 22.3 Å². The van der Waals surface area contributed by atoms with Crippen molar-refractivity contribution in [2.24, 2.45) is 0 Å². The van der Waals surface area contributed by atoms with Gasteiger partial charge in [-0.05, 0) is 32.3 Å². The van der Waals surface area contributed by atoms with Gasteiger partial charge in [0.2, 0.25) is 0 Å². The summed E-state index contributed by atoms with van der Waals surface area (Å²) in [7, 11) is 0. The number of aromatic nitrogens is 2. The van der Waals surface area contributed by atoms with Gasteiger partial charge in [0.1, 0.15) is 10.8 Å². The molecule has 2 rings (SSSR count). The highest BCUT2D eigenvalue weighted by molar-refractivity contribution is 6.29. The molecule has 5 heteroatoms. The Hall–Kier alpha value is -1.94. The van der Waals surface area contributed by atoms with Crippen molar-refractivity contribution in [1.82, 2.24) is 15.3 Å². The molecule has 0 fully saturated rings. The van der Waals surface area contributed by atoms with E-state index >= 15 is 0 Å². The van der Waals surface area contributed by atoms with Crippen LogP contribution in [0, 0.1) is 0 Å². The summed E-state index contributed by atoms with van der Waals surface area (Å²) in [5.74, 6) is -0.239. The number of hydrogen-bond acceptors (Lipinski definition) is 3. The van der Waals surface area contributed by atoms with Gasteiger partial charge < -0.3 is 5.32 Å². The Bertz CT molecular complexity index is 597. The Morgan fingerprint density at radius 1 is 1.19 bits per heavy atom. The number of carbonyl (C=O) groups excluding carboxylic acids is 1. The van der Waals surface area contributed by atoms with Gasteiger partial charge in [-0.3, -0.25) is 4.79 Å². The number of amides is 1. The number of nitrogens with zero attached hydrogens (tertiary/aromatic N) is 2. The molecule has 4 nitrogen and oxygen atoms in total. The number of rotatable bonds is 5. The lowest BCUT2D eigenvalue weighted by molar-refractivity contribution is 0.0904. The minimum atomic E-state index is -0.325. The molecule has 0 aliphatic heterocycles. The third-order valence-electron chi connectivity index (χ3n) is 3.19. The summed E-state index contributed by atoms with van der Waals surface area (Å²) in [6.45, 7) is 3.99. The molecule has 1 N–H and O–H groups in total. The second kappa shape index (κ2) is 6.68. The summed E-state index contributed by atoms with van der Waals surface area (Å²) in [4.78, 5) is 20.0. The maximum absolute atomic E-state index is 12.1. The molecule has 0 bridgehead atoms. The lowest BCUT2D eigenvalue weighted by Crippen LogP contribution is -2.44. The van der Waals surface area contributed by atoms with Gasteiger partial charge in [0.05, 0.1) is 12.4 Å². The van der Waals surface area contributed by atoms with Crippen molar-refractivity contribution in [3.63, 3.8) is 0 Å². The molecule has 0 radical (unpaired) electrons. The third kappa shape index (κ3) is 4.83. The van der Waals surface area contributed by atoms with Crippen LogP contribution in [-0.4, -0.2) is 21.4 Å². The summed E-state index contributed by atoms with van der Waals surface area (Å²) < 4.78 is 0. The molecule has 0 unspecified atom stereocenters. The second-order valence-corrected chi connectivity index (χ2v) is 5.94. The zero-order valence-corrected chi connectivity index (χ0v) is 12.9. The highest BCUT2D eigenvalue weighted by atomic mass is 35.5. The van der Waals surface area contributed by atoms with Crippen LogP contribution < -0.4 is 5.32 Å². The van der Waals surface area contributed by atoms with Gasteiger partial charge in [-0.15, -0.1) is 0 Å². The number of aryl methyl sites for hydroxylation is 1. The predicted molar refractivity (Wildman–Crippen MR) is 83.4 cm³/mol. The average molecular weight is 304 g/mol. The monoisotopic (exact) mass is 303 g/mol. The quantitative estimate of drug-likeness (QED) is 0.922. The molecule has 1 heterocycles. The normalized spacial score (nSPS) is 11.2. The van der Waals surface area contributed by atoms with Crippen LogP contribution in [0.15, 0.2) is 42.7 Å². The molecule has 0 spiro atoms. The zero-order chi connectivity index (χ0) is 15.3. The smallest absolute Gasteiger partial charge is 0.271 e. The summed E-state index contributed by atoms with van der Waals surface area (Å²) in [6.07, 6.45) is 4.49. The minimum absolute atomic E-state index is 0.239. The summed E-state index contributed by atoms with van der Waals surface area (Å²) in [5.41, 5.74) is 1.20. The van der Waals surface area contributed by atoms with Crippen molar-refractivity contribution in [1.29, 1.82) is 0 Å². The van der Waals surface area contributed by atoms with Crippen molar-refractivity contribution in [2.45, 2.75) is 32.2 Å². The topological polar surface area (TPSA) is 54.9 Å². The van der Waals surface area contributed by atoms with E-state index in [4.69, 9.17) is 11.6 Å². The number of benzene rings is 1. The number of nitrogens with one attached hydrogen (secondary N) is 1. The van der Waals surface area contributed by atoms with E-state index in [0.29, 0.717) is 0 Å². The van der Waals surface area contributed by atoms with Crippen LogP contribution in [0.4, 0.5) is 0 Å². The molecule has 110 valence electrons. The molecule has 0 saturated carbocycles. The van der Waals surface area contributed by atoms with Gasteiger partial charge in [0.15, 0.2) is 0 Å². The number of hydrogen-bond donors (Lipinski definition) is 1. The maximum atomic E-state index is 12.1. The van der Waals surface area contributed by atoms with Crippen LogP contribution in [0.5, 0.6) is 0 Å². The van der Waals surface area contributed by atoms with Gasteiger partial charge in [-0.1, -0.05) is 41.9 Å². The standard InChI is InChI=1S/C16H18ClN3O/c1-16(2,9-8-12-6-4-3-5-7-12)20-15(21)13-10-19-14(17)11-18-13/h3-7,10-11H,8-9H2,1-2H3,(H,20,21). The van der Waals surface area contributed by atoms with Crippen molar-refractivity contribution in [3.8, 4) is 0 Å². The molecule has 1 amide bonds. The Balaban J connectivity index is 1.93. The van der Waals surface area contributed by atoms with Crippen LogP contribution in [0.2, 0.25) is 5.15 Å². The van der Waals surface area contributed by atoms with Crippen molar-refractivity contribution < 1.29 is 4.79 Å². The van der Waals surface area contributed by atoms with E-state index in [1.54, 1.807) is 0 Å². The largest absolute Gasteiger partial charge is 0.346 e. The molecule has 0 atom stereocenters. The molecule has 0 saturated heterocycles. The highest BCUT2D eigenvalue weighted by Gasteiger charge is 2.21. The molecule has 1 aromatic heterocycles. The van der Waals surface area contributed by atoms with Gasteiger partial charge in [-0.25, -0.2) is 9.97 Å². The molecule has 0 aliphatic carbocycles. The first-order valence-electron chi connectivity index (χ1n) is 6.80. The first-order valence-corrected chi connectivity index (χ1v) is 7.18. The van der Waals surface area contributed by atoms with Gasteiger partial charge >= 0.3 is 0 Å². The van der Waals surface area contributed by atoms with Crippen molar-refractivity contribution in [2.75, 3.05) is 0 Å². The van der Waals surface area contributed by atoms with Crippen LogP contribution in [0.25, 0.3) is 0 Å². The highest BCUT2D eigenvalue weighted by Crippen LogP contribution is 2.14. The van der Waals surface area contributed by atoms with E-state index in [0.717, 1.165) is 12.8 Å². The van der Waals surface area contributed by atoms with E-state index < -0.39 is 0 Å². The first kappa shape index (κ1) is 15.4. The Kier molecular flexibility index (Phi) is 4.91. The fraction of sp³-hybridized carbons (Fsp3) is 0.312. The van der Waals surface area contributed by atoms with Crippen LogP contribution in [0.1, 0.15) is 36.3 Å². The summed E-state index contributed by atoms with van der Waals surface area (Å²) in [6, 6.07) is 10.2. The fourth-order valence-electron chi connectivity index (χ4n) is 1.96. The minimum Gasteiger partial charge on any atom is -0.346 e. The fourth-order valence-corrected chi connectivity index (χ4v) is 2.06.